The lowest BCUT2D eigenvalue weighted by molar-refractivity contribution is 0.534. The van der Waals surface area contributed by atoms with Gasteiger partial charge >= 0.3 is 0 Å². The van der Waals surface area contributed by atoms with Gasteiger partial charge in [-0.3, -0.25) is 0 Å². The van der Waals surface area contributed by atoms with Crippen LogP contribution in [-0.4, -0.2) is 0 Å². The van der Waals surface area contributed by atoms with Crippen LogP contribution in [0.2, 0.25) is 0 Å². The van der Waals surface area contributed by atoms with Crippen molar-refractivity contribution in [2.75, 3.05) is 0 Å². The van der Waals surface area contributed by atoms with Crippen LogP contribution in [0.3, 0.4) is 0 Å². The average Bonchev–Trinajstić information content (AvgIpc) is 2.07. The van der Waals surface area contributed by atoms with Gasteiger partial charge < -0.3 is 0 Å². The van der Waals surface area contributed by atoms with Crippen LogP contribution in [0.15, 0.2) is 0 Å². The van der Waals surface area contributed by atoms with Crippen LogP contribution in [0.25, 0.3) is 0 Å². The first-order chi connectivity index (χ1) is 6.50. The highest BCUT2D eigenvalue weighted by atomic mass is 14.0. The molecule has 0 heterocycles. The van der Waals surface area contributed by atoms with Gasteiger partial charge in [0.25, 0.3) is 0 Å². The van der Waals surface area contributed by atoms with Crippen LogP contribution in [0.4, 0.5) is 0 Å². The lowest BCUT2D eigenvalue weighted by Crippen LogP contribution is -1.85. The fourth-order valence-electron chi connectivity index (χ4n) is 0.803. The van der Waals surface area contributed by atoms with Gasteiger partial charge in [-0.1, -0.05) is 81.1 Å². The second-order valence-electron chi connectivity index (χ2n) is 4.62. The summed E-state index contributed by atoms with van der Waals surface area (Å²) < 4.78 is 0. The lowest BCUT2D eigenvalue weighted by atomic mass is 10.1. The number of unbranched alkanes of at least 4 members (excludes halogenated alkanes) is 2. The van der Waals surface area contributed by atoms with Gasteiger partial charge in [0.2, 0.25) is 0 Å². The van der Waals surface area contributed by atoms with Crippen molar-refractivity contribution in [3.8, 4) is 0 Å². The summed E-state index contributed by atoms with van der Waals surface area (Å²) in [5, 5.41) is 0. The molecule has 0 aromatic heterocycles. The zero-order valence-corrected chi connectivity index (χ0v) is 12.0. The Labute approximate surface area is 93.5 Å². The first-order valence-corrected chi connectivity index (χ1v) is 6.50. The summed E-state index contributed by atoms with van der Waals surface area (Å²) >= 11 is 0. The van der Waals surface area contributed by atoms with E-state index in [1.54, 1.807) is 0 Å². The Hall–Kier alpha value is 0. The Morgan fingerprint density at radius 1 is 0.786 bits per heavy atom. The van der Waals surface area contributed by atoms with Crippen LogP contribution < -0.4 is 0 Å². The zero-order chi connectivity index (χ0) is 12.0. The molecule has 0 aromatic rings. The second kappa shape index (κ2) is 18.7. The average molecular weight is 202 g/mol. The molecule has 0 aliphatic rings. The predicted molar refractivity (Wildman–Crippen MR) is 70.8 cm³/mol. The van der Waals surface area contributed by atoms with E-state index in [4.69, 9.17) is 0 Å². The maximum Gasteiger partial charge on any atom is -0.0471 e. The van der Waals surface area contributed by atoms with Gasteiger partial charge in [0.05, 0.1) is 0 Å². The van der Waals surface area contributed by atoms with E-state index < -0.39 is 0 Å². The molecule has 0 saturated heterocycles. The monoisotopic (exact) mass is 202 g/mol. The molecular weight excluding hydrogens is 168 g/mol. The molecule has 0 aliphatic carbocycles. The molecule has 0 rings (SSSR count). The number of hydrogen-bond acceptors (Lipinski definition) is 0. The molecule has 0 bridgehead atoms. The van der Waals surface area contributed by atoms with Crippen LogP contribution in [0, 0.1) is 11.8 Å². The molecule has 0 saturated carbocycles. The highest BCUT2D eigenvalue weighted by molar-refractivity contribution is 4.44. The van der Waals surface area contributed by atoms with E-state index in [-0.39, 0.29) is 0 Å². The zero-order valence-electron chi connectivity index (χ0n) is 12.0. The van der Waals surface area contributed by atoms with Crippen molar-refractivity contribution < 1.29 is 0 Å². The van der Waals surface area contributed by atoms with E-state index in [9.17, 15) is 0 Å². The van der Waals surface area contributed by atoms with Gasteiger partial charge in [0.1, 0.15) is 0 Å². The Kier molecular flexibility index (Phi) is 26.1. The topological polar surface area (TPSA) is 0 Å². The Bertz CT molecular complexity index is 59.7. The first-order valence-electron chi connectivity index (χ1n) is 6.50. The van der Waals surface area contributed by atoms with Crippen molar-refractivity contribution in [1.29, 1.82) is 0 Å². The summed E-state index contributed by atoms with van der Waals surface area (Å²) in [5.41, 5.74) is 0. The van der Waals surface area contributed by atoms with E-state index in [0.717, 1.165) is 11.8 Å². The van der Waals surface area contributed by atoms with Crippen molar-refractivity contribution >= 4 is 0 Å². The van der Waals surface area contributed by atoms with Gasteiger partial charge in [-0.05, 0) is 11.8 Å². The van der Waals surface area contributed by atoms with E-state index in [1.807, 2.05) is 13.8 Å². The number of rotatable bonds is 4. The molecule has 0 amide bonds. The largest absolute Gasteiger partial charge is 0.0683 e. The maximum absolute atomic E-state index is 2.29. The van der Waals surface area contributed by atoms with E-state index in [2.05, 4.69) is 41.5 Å². The molecule has 0 radical (unpaired) electrons. The molecule has 0 atom stereocenters. The second-order valence-corrected chi connectivity index (χ2v) is 4.62. The van der Waals surface area contributed by atoms with E-state index in [1.165, 1.54) is 25.7 Å². The highest BCUT2D eigenvalue weighted by Gasteiger charge is 1.90. The van der Waals surface area contributed by atoms with Crippen molar-refractivity contribution in [3.63, 3.8) is 0 Å². The van der Waals surface area contributed by atoms with Crippen LogP contribution in [-0.2, 0) is 0 Å². The minimum Gasteiger partial charge on any atom is -0.0683 e. The summed E-state index contributed by atoms with van der Waals surface area (Å²) in [6, 6.07) is 0. The third kappa shape index (κ3) is 58.1. The van der Waals surface area contributed by atoms with Crippen molar-refractivity contribution in [2.45, 2.75) is 81.1 Å². The molecule has 0 spiro atoms. The van der Waals surface area contributed by atoms with Crippen LogP contribution in [0.1, 0.15) is 81.1 Å². The highest BCUT2D eigenvalue weighted by Crippen LogP contribution is 2.06. The molecule has 0 aliphatic heterocycles. The Balaban J connectivity index is -0.000000170. The minimum absolute atomic E-state index is 0.833. The van der Waals surface area contributed by atoms with Gasteiger partial charge in [0.15, 0.2) is 0 Å². The first kappa shape index (κ1) is 19.6. The fraction of sp³-hybridized carbons (Fsp3) is 1.00. The summed E-state index contributed by atoms with van der Waals surface area (Å²) in [6.45, 7) is 17.3. The molecule has 0 nitrogen and oxygen atoms in total. The third-order valence-corrected chi connectivity index (χ3v) is 1.39. The molecule has 0 unspecified atom stereocenters. The predicted octanol–water partition coefficient (Wildman–Crippen LogP) is 5.91. The molecule has 0 aromatic carbocycles. The van der Waals surface area contributed by atoms with Crippen molar-refractivity contribution in [2.24, 2.45) is 11.8 Å². The minimum atomic E-state index is 0.833. The fourth-order valence-corrected chi connectivity index (χ4v) is 0.803. The summed E-state index contributed by atoms with van der Waals surface area (Å²) in [7, 11) is 0. The molecular formula is C14H34. The van der Waals surface area contributed by atoms with Gasteiger partial charge in [-0.15, -0.1) is 0 Å². The summed E-state index contributed by atoms with van der Waals surface area (Å²) in [6.07, 6.45) is 5.60. The van der Waals surface area contributed by atoms with Gasteiger partial charge in [0, 0.05) is 0 Å². The smallest absolute Gasteiger partial charge is 0.0471 e. The van der Waals surface area contributed by atoms with E-state index >= 15 is 0 Å². The maximum atomic E-state index is 2.29. The molecule has 0 N–H and O–H groups in total. The van der Waals surface area contributed by atoms with Crippen LogP contribution in [0.5, 0.6) is 0 Å². The summed E-state index contributed by atoms with van der Waals surface area (Å²) in [5.74, 6) is 1.74. The Morgan fingerprint density at radius 2 is 1.14 bits per heavy atom. The standard InChI is InChI=1S/C8H18.C4H10.C2H6/c1-4-5-6-7-8(2)3;1-4(2)3;1-2/h8H,4-7H2,1-3H3;4H,1-3H3;1-2H3. The van der Waals surface area contributed by atoms with Crippen LogP contribution >= 0.6 is 0 Å². The molecule has 0 heteroatoms. The van der Waals surface area contributed by atoms with E-state index in [0.29, 0.717) is 0 Å². The van der Waals surface area contributed by atoms with Gasteiger partial charge in [-0.25, -0.2) is 0 Å². The normalized spacial score (nSPS) is 9.00. The van der Waals surface area contributed by atoms with Crippen molar-refractivity contribution in [1.82, 2.24) is 0 Å². The third-order valence-electron chi connectivity index (χ3n) is 1.39. The number of hydrogen-bond donors (Lipinski definition) is 0. The quantitative estimate of drug-likeness (QED) is 0.497. The summed E-state index contributed by atoms with van der Waals surface area (Å²) in [4.78, 5) is 0. The van der Waals surface area contributed by atoms with Gasteiger partial charge in [-0.2, -0.15) is 0 Å². The molecule has 90 valence electrons. The molecule has 14 heavy (non-hydrogen) atoms. The molecule has 0 fully saturated rings. The van der Waals surface area contributed by atoms with Crippen molar-refractivity contribution in [3.05, 3.63) is 0 Å². The Morgan fingerprint density at radius 3 is 1.36 bits per heavy atom. The lowest BCUT2D eigenvalue weighted by Gasteiger charge is -2.00. The SMILES string of the molecule is CC.CC(C)C.CCCCCC(C)C.